The largest absolute Gasteiger partial charge is 0.365 e. The number of carbonyl (C=O) groups is 1. The Morgan fingerprint density at radius 3 is 2.80 bits per heavy atom. The van der Waals surface area contributed by atoms with Crippen molar-refractivity contribution in [3.63, 3.8) is 0 Å². The third kappa shape index (κ3) is 2.16. The number of carbonyl (C=O) groups excluding carboxylic acids is 1. The summed E-state index contributed by atoms with van der Waals surface area (Å²) >= 11 is 0. The van der Waals surface area contributed by atoms with Crippen molar-refractivity contribution in [1.29, 1.82) is 0 Å². The van der Waals surface area contributed by atoms with Crippen LogP contribution in [0.15, 0.2) is 30.3 Å². The molecule has 4 heteroatoms. The molecule has 1 aliphatic heterocycles. The monoisotopic (exact) mass is 206 g/mol. The average Bonchev–Trinajstić information content (AvgIpc) is 2.31. The zero-order chi connectivity index (χ0) is 10.7. The molecule has 15 heavy (non-hydrogen) atoms. The molecule has 1 atom stereocenters. The summed E-state index contributed by atoms with van der Waals surface area (Å²) < 4.78 is 5.27. The lowest BCUT2D eigenvalue weighted by Crippen LogP contribution is -2.49. The molecule has 1 saturated heterocycles. The Morgan fingerprint density at radius 2 is 2.13 bits per heavy atom. The van der Waals surface area contributed by atoms with Crippen molar-refractivity contribution < 1.29 is 9.53 Å². The van der Waals surface area contributed by atoms with Crippen LogP contribution >= 0.6 is 0 Å². The number of anilines is 1. The minimum Gasteiger partial charge on any atom is -0.365 e. The molecule has 0 saturated carbocycles. The quantitative estimate of drug-likeness (QED) is 0.761. The van der Waals surface area contributed by atoms with Crippen LogP contribution < -0.4 is 10.6 Å². The number of nitrogens with two attached hydrogens (primary N) is 1. The molecule has 0 spiro atoms. The van der Waals surface area contributed by atoms with Gasteiger partial charge in [-0.1, -0.05) is 18.2 Å². The van der Waals surface area contributed by atoms with Crippen LogP contribution in [-0.2, 0) is 9.53 Å². The molecule has 4 nitrogen and oxygen atoms in total. The van der Waals surface area contributed by atoms with E-state index in [0.29, 0.717) is 13.1 Å². The maximum atomic E-state index is 11.6. The highest BCUT2D eigenvalue weighted by Crippen LogP contribution is 2.17. The first-order valence-electron chi connectivity index (χ1n) is 4.98. The smallest absolute Gasteiger partial charge is 0.253 e. The van der Waals surface area contributed by atoms with Crippen LogP contribution in [-0.4, -0.2) is 31.7 Å². The minimum atomic E-state index is -0.0529. The second-order valence-corrected chi connectivity index (χ2v) is 3.51. The third-order valence-electron chi connectivity index (χ3n) is 2.46. The van der Waals surface area contributed by atoms with E-state index in [9.17, 15) is 4.79 Å². The first-order chi connectivity index (χ1) is 7.31. The number of rotatable bonds is 2. The van der Waals surface area contributed by atoms with Crippen LogP contribution in [0.4, 0.5) is 5.69 Å². The molecule has 1 heterocycles. The van der Waals surface area contributed by atoms with Crippen molar-refractivity contribution >= 4 is 11.6 Å². The van der Waals surface area contributed by atoms with Gasteiger partial charge in [0.15, 0.2) is 0 Å². The van der Waals surface area contributed by atoms with Gasteiger partial charge < -0.3 is 15.4 Å². The Balaban J connectivity index is 2.16. The number of hydrogen-bond acceptors (Lipinski definition) is 3. The Labute approximate surface area is 88.6 Å². The molecule has 0 radical (unpaired) electrons. The summed E-state index contributed by atoms with van der Waals surface area (Å²) in [5.74, 6) is -0.00843. The molecular formula is C11H14N2O2. The number of nitrogens with zero attached hydrogens (tertiary/aromatic N) is 1. The predicted molar refractivity (Wildman–Crippen MR) is 57.6 cm³/mol. The van der Waals surface area contributed by atoms with Gasteiger partial charge in [-0.25, -0.2) is 0 Å². The molecular weight excluding hydrogens is 192 g/mol. The topological polar surface area (TPSA) is 55.6 Å². The number of hydrogen-bond donors (Lipinski definition) is 1. The first kappa shape index (κ1) is 10.1. The molecule has 1 aromatic carbocycles. The van der Waals surface area contributed by atoms with Crippen molar-refractivity contribution in [2.24, 2.45) is 5.73 Å². The number of para-hydroxylation sites is 1. The number of benzene rings is 1. The molecule has 1 aromatic rings. The summed E-state index contributed by atoms with van der Waals surface area (Å²) in [5, 5.41) is 0. The SMILES string of the molecule is NCC1CN(c2ccccc2)C(=O)CO1. The van der Waals surface area contributed by atoms with Crippen LogP contribution in [0.2, 0.25) is 0 Å². The summed E-state index contributed by atoms with van der Waals surface area (Å²) in [5.41, 5.74) is 6.43. The van der Waals surface area contributed by atoms with Crippen LogP contribution in [0.1, 0.15) is 0 Å². The fourth-order valence-electron chi connectivity index (χ4n) is 1.63. The van der Waals surface area contributed by atoms with Crippen LogP contribution in [0.5, 0.6) is 0 Å². The molecule has 2 rings (SSSR count). The van der Waals surface area contributed by atoms with E-state index < -0.39 is 0 Å². The normalized spacial score (nSPS) is 21.8. The lowest BCUT2D eigenvalue weighted by molar-refractivity contribution is -0.128. The molecule has 0 aliphatic carbocycles. The zero-order valence-corrected chi connectivity index (χ0v) is 8.43. The Morgan fingerprint density at radius 1 is 1.40 bits per heavy atom. The summed E-state index contributed by atoms with van der Waals surface area (Å²) in [6.45, 7) is 1.10. The van der Waals surface area contributed by atoms with Gasteiger partial charge in [0.25, 0.3) is 5.91 Å². The van der Waals surface area contributed by atoms with Gasteiger partial charge in [-0.2, -0.15) is 0 Å². The Kier molecular flexibility index (Phi) is 2.99. The zero-order valence-electron chi connectivity index (χ0n) is 8.43. The van der Waals surface area contributed by atoms with Gasteiger partial charge in [-0.05, 0) is 12.1 Å². The number of ether oxygens (including phenoxy) is 1. The van der Waals surface area contributed by atoms with E-state index in [0.717, 1.165) is 5.69 Å². The van der Waals surface area contributed by atoms with E-state index in [-0.39, 0.29) is 18.6 Å². The van der Waals surface area contributed by atoms with Gasteiger partial charge in [-0.15, -0.1) is 0 Å². The second kappa shape index (κ2) is 4.42. The van der Waals surface area contributed by atoms with Crippen LogP contribution in [0.3, 0.4) is 0 Å². The van der Waals surface area contributed by atoms with Gasteiger partial charge in [-0.3, -0.25) is 4.79 Å². The predicted octanol–water partition coefficient (Wildman–Crippen LogP) is 0.377. The molecule has 0 bridgehead atoms. The van der Waals surface area contributed by atoms with E-state index in [1.165, 1.54) is 0 Å². The molecule has 2 N–H and O–H groups in total. The molecule has 1 fully saturated rings. The van der Waals surface area contributed by atoms with E-state index in [2.05, 4.69) is 0 Å². The maximum absolute atomic E-state index is 11.6. The standard InChI is InChI=1S/C11H14N2O2/c12-6-10-7-13(11(14)8-15-10)9-4-2-1-3-5-9/h1-5,10H,6-8,12H2. The molecule has 1 unspecified atom stereocenters. The van der Waals surface area contributed by atoms with E-state index in [4.69, 9.17) is 10.5 Å². The molecule has 1 amide bonds. The highest BCUT2D eigenvalue weighted by Gasteiger charge is 2.26. The first-order valence-corrected chi connectivity index (χ1v) is 4.98. The Hall–Kier alpha value is -1.39. The van der Waals surface area contributed by atoms with E-state index in [1.54, 1.807) is 4.90 Å². The molecule has 0 aromatic heterocycles. The summed E-state index contributed by atoms with van der Waals surface area (Å²) in [6.07, 6.45) is -0.0529. The summed E-state index contributed by atoms with van der Waals surface area (Å²) in [6, 6.07) is 9.58. The van der Waals surface area contributed by atoms with Crippen molar-refractivity contribution in [3.8, 4) is 0 Å². The molecule has 1 aliphatic rings. The minimum absolute atomic E-state index is 0.00843. The third-order valence-corrected chi connectivity index (χ3v) is 2.46. The highest BCUT2D eigenvalue weighted by atomic mass is 16.5. The fraction of sp³-hybridized carbons (Fsp3) is 0.364. The molecule has 80 valence electrons. The van der Waals surface area contributed by atoms with E-state index in [1.807, 2.05) is 30.3 Å². The lowest BCUT2D eigenvalue weighted by Gasteiger charge is -2.32. The second-order valence-electron chi connectivity index (χ2n) is 3.51. The van der Waals surface area contributed by atoms with Gasteiger partial charge in [0.1, 0.15) is 6.61 Å². The van der Waals surface area contributed by atoms with Crippen molar-refractivity contribution in [2.75, 3.05) is 24.6 Å². The number of morpholine rings is 1. The van der Waals surface area contributed by atoms with Crippen LogP contribution in [0.25, 0.3) is 0 Å². The van der Waals surface area contributed by atoms with Crippen molar-refractivity contribution in [3.05, 3.63) is 30.3 Å². The number of amides is 1. The van der Waals surface area contributed by atoms with Crippen molar-refractivity contribution in [2.45, 2.75) is 6.10 Å². The summed E-state index contributed by atoms with van der Waals surface area (Å²) in [7, 11) is 0. The van der Waals surface area contributed by atoms with E-state index >= 15 is 0 Å². The average molecular weight is 206 g/mol. The summed E-state index contributed by atoms with van der Waals surface area (Å²) in [4.78, 5) is 13.3. The van der Waals surface area contributed by atoms with Gasteiger partial charge in [0, 0.05) is 12.2 Å². The van der Waals surface area contributed by atoms with Gasteiger partial charge >= 0.3 is 0 Å². The van der Waals surface area contributed by atoms with Crippen molar-refractivity contribution in [1.82, 2.24) is 0 Å². The van der Waals surface area contributed by atoms with Crippen LogP contribution in [0, 0.1) is 0 Å². The fourth-order valence-corrected chi connectivity index (χ4v) is 1.63. The maximum Gasteiger partial charge on any atom is 0.253 e. The lowest BCUT2D eigenvalue weighted by atomic mass is 10.2. The van der Waals surface area contributed by atoms with Gasteiger partial charge in [0.2, 0.25) is 0 Å². The van der Waals surface area contributed by atoms with Gasteiger partial charge in [0.05, 0.1) is 12.6 Å². The Bertz CT molecular complexity index is 340. The highest BCUT2D eigenvalue weighted by molar-refractivity contribution is 5.94.